The third-order valence-electron chi connectivity index (χ3n) is 3.19. The molecular formula is C13H13ClN2O4. The Hall–Kier alpha value is -1.92. The highest BCUT2D eigenvalue weighted by molar-refractivity contribution is 6.32. The minimum Gasteiger partial charge on any atom is -0.493 e. The van der Waals surface area contributed by atoms with Crippen LogP contribution in [0.5, 0.6) is 17.2 Å². The average Bonchev–Trinajstić information content (AvgIpc) is 3.04. The molecule has 0 amide bonds. The quantitative estimate of drug-likeness (QED) is 0.937. The van der Waals surface area contributed by atoms with Crippen LogP contribution in [0.4, 0.5) is 0 Å². The van der Waals surface area contributed by atoms with Crippen molar-refractivity contribution in [1.82, 2.24) is 9.78 Å². The second-order valence-corrected chi connectivity index (χ2v) is 4.77. The highest BCUT2D eigenvalue weighted by atomic mass is 35.5. The third kappa shape index (κ3) is 1.97. The first-order chi connectivity index (χ1) is 9.61. The molecule has 2 heterocycles. The molecule has 1 aliphatic heterocycles. The molecule has 1 aromatic carbocycles. The van der Waals surface area contributed by atoms with E-state index in [9.17, 15) is 5.11 Å². The normalized spacial score (nSPS) is 14.4. The zero-order chi connectivity index (χ0) is 14.3. The van der Waals surface area contributed by atoms with Crippen molar-refractivity contribution in [2.45, 2.75) is 6.10 Å². The van der Waals surface area contributed by atoms with Gasteiger partial charge < -0.3 is 19.3 Å². The van der Waals surface area contributed by atoms with E-state index >= 15 is 0 Å². The molecule has 0 saturated carbocycles. The average molecular weight is 297 g/mol. The second kappa shape index (κ2) is 4.88. The van der Waals surface area contributed by atoms with Gasteiger partial charge in [0.25, 0.3) is 0 Å². The number of halogens is 1. The molecule has 0 radical (unpaired) electrons. The predicted molar refractivity (Wildman–Crippen MR) is 71.4 cm³/mol. The fraction of sp³-hybridized carbons (Fsp3) is 0.308. The molecule has 106 valence electrons. The number of hydrogen-bond acceptors (Lipinski definition) is 5. The number of nitrogens with zero attached hydrogens (tertiary/aromatic N) is 2. The van der Waals surface area contributed by atoms with Crippen LogP contribution in [-0.2, 0) is 7.05 Å². The van der Waals surface area contributed by atoms with Crippen molar-refractivity contribution in [3.05, 3.63) is 34.6 Å². The van der Waals surface area contributed by atoms with Crippen LogP contribution in [0.1, 0.15) is 17.4 Å². The topological polar surface area (TPSA) is 65.7 Å². The molecule has 0 bridgehead atoms. The Balaban J connectivity index is 2.05. The predicted octanol–water partition coefficient (Wildman–Crippen LogP) is 1.89. The molecule has 2 aromatic rings. The maximum absolute atomic E-state index is 10.5. The molecule has 0 spiro atoms. The smallest absolute Gasteiger partial charge is 0.231 e. The van der Waals surface area contributed by atoms with Crippen molar-refractivity contribution in [3.63, 3.8) is 0 Å². The van der Waals surface area contributed by atoms with Crippen molar-refractivity contribution >= 4 is 11.6 Å². The van der Waals surface area contributed by atoms with Gasteiger partial charge in [0.05, 0.1) is 18.3 Å². The molecule has 1 aromatic heterocycles. The standard InChI is InChI=1S/C13H13ClN2O4/c1-16-11(10(18-2)5-15-16)12(17)7-3-8(14)13-9(4-7)19-6-20-13/h3-5,12,17H,6H2,1-2H3. The van der Waals surface area contributed by atoms with Crippen molar-refractivity contribution in [2.24, 2.45) is 7.05 Å². The molecule has 1 atom stereocenters. The number of fused-ring (bicyclic) bond motifs is 1. The molecule has 0 aliphatic carbocycles. The van der Waals surface area contributed by atoms with Gasteiger partial charge in [0.1, 0.15) is 11.8 Å². The molecular weight excluding hydrogens is 284 g/mol. The minimum absolute atomic E-state index is 0.129. The van der Waals surface area contributed by atoms with Crippen molar-refractivity contribution in [3.8, 4) is 17.2 Å². The summed E-state index contributed by atoms with van der Waals surface area (Å²) in [5.74, 6) is 1.53. The molecule has 6 nitrogen and oxygen atoms in total. The number of hydrogen-bond donors (Lipinski definition) is 1. The van der Waals surface area contributed by atoms with E-state index in [0.717, 1.165) is 0 Å². The lowest BCUT2D eigenvalue weighted by Gasteiger charge is -2.14. The summed E-state index contributed by atoms with van der Waals surface area (Å²) < 4.78 is 17.3. The van der Waals surface area contributed by atoms with Crippen LogP contribution >= 0.6 is 11.6 Å². The number of aromatic nitrogens is 2. The Bertz CT molecular complexity index is 656. The molecule has 0 fully saturated rings. The molecule has 1 unspecified atom stereocenters. The zero-order valence-corrected chi connectivity index (χ0v) is 11.7. The lowest BCUT2D eigenvalue weighted by molar-refractivity contribution is 0.173. The van der Waals surface area contributed by atoms with Crippen molar-refractivity contribution < 1.29 is 19.3 Å². The monoisotopic (exact) mass is 296 g/mol. The first-order valence-corrected chi connectivity index (χ1v) is 6.32. The molecule has 0 saturated heterocycles. The highest BCUT2D eigenvalue weighted by Crippen LogP contribution is 2.42. The lowest BCUT2D eigenvalue weighted by atomic mass is 10.1. The van der Waals surface area contributed by atoms with E-state index in [1.54, 1.807) is 30.1 Å². The Kier molecular flexibility index (Phi) is 3.19. The number of benzene rings is 1. The van der Waals surface area contributed by atoms with Gasteiger partial charge in [-0.2, -0.15) is 5.10 Å². The van der Waals surface area contributed by atoms with Crippen LogP contribution in [0.25, 0.3) is 0 Å². The second-order valence-electron chi connectivity index (χ2n) is 4.36. The van der Waals surface area contributed by atoms with E-state index in [2.05, 4.69) is 5.10 Å². The Morgan fingerprint density at radius 2 is 2.25 bits per heavy atom. The van der Waals surface area contributed by atoms with Crippen LogP contribution < -0.4 is 14.2 Å². The summed E-state index contributed by atoms with van der Waals surface area (Å²) in [6.07, 6.45) is 0.622. The summed E-state index contributed by atoms with van der Waals surface area (Å²) in [6, 6.07) is 3.34. The van der Waals surface area contributed by atoms with E-state index in [-0.39, 0.29) is 6.79 Å². The maximum Gasteiger partial charge on any atom is 0.231 e. The molecule has 3 rings (SSSR count). The number of rotatable bonds is 3. The van der Waals surface area contributed by atoms with Gasteiger partial charge in [-0.25, -0.2) is 0 Å². The first-order valence-electron chi connectivity index (χ1n) is 5.94. The van der Waals surface area contributed by atoms with E-state index in [4.69, 9.17) is 25.8 Å². The van der Waals surface area contributed by atoms with Crippen LogP contribution in [0.3, 0.4) is 0 Å². The van der Waals surface area contributed by atoms with Gasteiger partial charge >= 0.3 is 0 Å². The van der Waals surface area contributed by atoms with Gasteiger partial charge in [-0.15, -0.1) is 0 Å². The summed E-state index contributed by atoms with van der Waals surface area (Å²) in [6.45, 7) is 0.129. The lowest BCUT2D eigenvalue weighted by Crippen LogP contribution is -2.08. The summed E-state index contributed by atoms with van der Waals surface area (Å²) in [7, 11) is 3.26. The molecule has 1 aliphatic rings. The largest absolute Gasteiger partial charge is 0.493 e. The van der Waals surface area contributed by atoms with Crippen molar-refractivity contribution in [2.75, 3.05) is 13.9 Å². The number of aliphatic hydroxyl groups is 1. The van der Waals surface area contributed by atoms with Crippen LogP contribution in [-0.4, -0.2) is 28.8 Å². The number of methoxy groups -OCH3 is 1. The molecule has 1 N–H and O–H groups in total. The van der Waals surface area contributed by atoms with E-state index in [0.29, 0.717) is 33.5 Å². The summed E-state index contributed by atoms with van der Waals surface area (Å²) in [5, 5.41) is 15.0. The van der Waals surface area contributed by atoms with E-state index in [1.807, 2.05) is 0 Å². The third-order valence-corrected chi connectivity index (χ3v) is 3.47. The Labute approximate surface area is 120 Å². The van der Waals surface area contributed by atoms with E-state index in [1.165, 1.54) is 7.11 Å². The number of aryl methyl sites for hydroxylation is 1. The first kappa shape index (κ1) is 13.1. The maximum atomic E-state index is 10.5. The summed E-state index contributed by atoms with van der Waals surface area (Å²) in [4.78, 5) is 0. The van der Waals surface area contributed by atoms with Gasteiger partial charge in [-0.3, -0.25) is 4.68 Å². The SMILES string of the molecule is COc1cnn(C)c1C(O)c1cc(Cl)c2c(c1)OCO2. The Morgan fingerprint density at radius 3 is 3.00 bits per heavy atom. The summed E-state index contributed by atoms with van der Waals surface area (Å²) in [5.41, 5.74) is 1.13. The van der Waals surface area contributed by atoms with Gasteiger partial charge in [0, 0.05) is 7.05 Å². The van der Waals surface area contributed by atoms with Crippen LogP contribution in [0, 0.1) is 0 Å². The van der Waals surface area contributed by atoms with Crippen molar-refractivity contribution in [1.29, 1.82) is 0 Å². The van der Waals surface area contributed by atoms with E-state index < -0.39 is 6.10 Å². The zero-order valence-electron chi connectivity index (χ0n) is 11.0. The fourth-order valence-corrected chi connectivity index (χ4v) is 2.47. The fourth-order valence-electron chi connectivity index (χ4n) is 2.20. The van der Waals surface area contributed by atoms with Crippen LogP contribution in [0.15, 0.2) is 18.3 Å². The van der Waals surface area contributed by atoms with Gasteiger partial charge in [-0.1, -0.05) is 11.6 Å². The highest BCUT2D eigenvalue weighted by Gasteiger charge is 2.25. The Morgan fingerprint density at radius 1 is 1.45 bits per heavy atom. The van der Waals surface area contributed by atoms with Gasteiger partial charge in [0.2, 0.25) is 6.79 Å². The summed E-state index contributed by atoms with van der Waals surface area (Å²) >= 11 is 6.12. The molecule has 20 heavy (non-hydrogen) atoms. The molecule has 7 heteroatoms. The number of aliphatic hydroxyl groups excluding tert-OH is 1. The van der Waals surface area contributed by atoms with Gasteiger partial charge in [-0.05, 0) is 17.7 Å². The van der Waals surface area contributed by atoms with Gasteiger partial charge in [0.15, 0.2) is 17.2 Å². The van der Waals surface area contributed by atoms with Crippen LogP contribution in [0.2, 0.25) is 5.02 Å². The number of ether oxygens (including phenoxy) is 3. The minimum atomic E-state index is -0.926.